The maximum Gasteiger partial charge on any atom is 0.261 e. The maximum atomic E-state index is 14.5. The van der Waals surface area contributed by atoms with Crippen molar-refractivity contribution in [2.24, 2.45) is 28.6 Å². The largest absolute Gasteiger partial charge is 0.386 e. The molecule has 2 heterocycles. The van der Waals surface area contributed by atoms with Crippen LogP contribution in [0.4, 0.5) is 17.6 Å². The van der Waals surface area contributed by atoms with E-state index in [1.165, 1.54) is 6.08 Å². The van der Waals surface area contributed by atoms with Gasteiger partial charge in [-0.15, -0.1) is 0 Å². The van der Waals surface area contributed by atoms with Gasteiger partial charge in [-0.05, 0) is 77.4 Å². The molecule has 1 saturated carbocycles. The molecule has 2 unspecified atom stereocenters. The number of likely N-dealkylation sites (tertiary alicyclic amines) is 2. The molecule has 2 saturated heterocycles. The molecule has 0 bridgehead atoms. The topological polar surface area (TPSA) is 65.2 Å². The zero-order valence-electron chi connectivity index (χ0n) is 26.2. The van der Waals surface area contributed by atoms with Gasteiger partial charge in [-0.2, -0.15) is 5.10 Å². The highest BCUT2D eigenvalue weighted by atomic mass is 35.5. The number of nitrogens with two attached hydrogens (primary N) is 1. The average Bonchev–Trinajstić information content (AvgIpc) is 3.51. The van der Waals surface area contributed by atoms with Crippen molar-refractivity contribution in [1.82, 2.24) is 14.8 Å². The van der Waals surface area contributed by atoms with Crippen molar-refractivity contribution in [2.75, 3.05) is 32.7 Å². The van der Waals surface area contributed by atoms with Crippen LogP contribution < -0.4 is 5.73 Å². The number of halogens is 5. The predicted octanol–water partition coefficient (Wildman–Crippen LogP) is 7.07. The number of hydrazone groups is 1. The van der Waals surface area contributed by atoms with Gasteiger partial charge in [-0.1, -0.05) is 34.9 Å². The van der Waals surface area contributed by atoms with E-state index in [-0.39, 0.29) is 55.8 Å². The van der Waals surface area contributed by atoms with E-state index in [0.29, 0.717) is 48.9 Å². The van der Waals surface area contributed by atoms with E-state index in [4.69, 9.17) is 17.3 Å². The van der Waals surface area contributed by atoms with Gasteiger partial charge in [0.2, 0.25) is 5.91 Å². The summed E-state index contributed by atoms with van der Waals surface area (Å²) in [5.41, 5.74) is 7.61. The van der Waals surface area contributed by atoms with Crippen LogP contribution >= 0.6 is 11.6 Å². The number of carbonyl (C=O) groups is 1. The molecule has 4 aliphatic rings. The molecule has 0 aromatic rings. The smallest absolute Gasteiger partial charge is 0.261 e. The van der Waals surface area contributed by atoms with Crippen molar-refractivity contribution in [3.8, 4) is 0 Å². The maximum absolute atomic E-state index is 14.5. The lowest BCUT2D eigenvalue weighted by atomic mass is 9.85. The third-order valence-electron chi connectivity index (χ3n) is 9.30. The van der Waals surface area contributed by atoms with E-state index in [1.54, 1.807) is 17.9 Å². The minimum Gasteiger partial charge on any atom is -0.386 e. The first-order valence-corrected chi connectivity index (χ1v) is 16.0. The van der Waals surface area contributed by atoms with E-state index in [2.05, 4.69) is 5.10 Å². The van der Waals surface area contributed by atoms with Crippen LogP contribution in [0.2, 0.25) is 0 Å². The molecule has 0 radical (unpaired) electrons. The molecule has 3 fully saturated rings. The molecule has 44 heavy (non-hydrogen) atoms. The van der Waals surface area contributed by atoms with Gasteiger partial charge in [0.25, 0.3) is 5.92 Å². The Labute approximate surface area is 264 Å². The quantitative estimate of drug-likeness (QED) is 0.0964. The first kappa shape index (κ1) is 34.3. The number of amidine groups is 1. The number of carbonyl (C=O) groups excluding carboxylic acids is 1. The number of rotatable bonds is 9. The van der Waals surface area contributed by atoms with Crippen molar-refractivity contribution in [3.05, 3.63) is 58.2 Å². The minimum absolute atomic E-state index is 0.0266. The predicted molar refractivity (Wildman–Crippen MR) is 168 cm³/mol. The van der Waals surface area contributed by atoms with Gasteiger partial charge in [0, 0.05) is 62.1 Å². The number of allylic oxidation sites excluding steroid dienone is 9. The van der Waals surface area contributed by atoms with Crippen molar-refractivity contribution >= 4 is 23.3 Å². The SMILES string of the molecule is CC(C)=C(Cl)/C=C\C(C)N(CC1CCN(C(=O)[C@@H]2CC(N3CCC(F)(F)C3)C[C@H]2C2=CC=C(F)C=C(F)C2)CC1)/N=C(/C)N. The Morgan fingerprint density at radius 1 is 1.18 bits per heavy atom. The standard InChI is InChI=1S/C33H46ClF4N5O/c1-21(2)31(34)8-5-22(3)43(40-23(4)39)19-24-9-12-41(13-10-24)32(44)30-18-28(42-14-11-33(37,38)20-42)17-29(30)25-6-7-26(35)16-27(36)15-25/h5-8,16,22,24,28-30H,9-15,17-20H2,1-4H3,(H2,39,40)/b8-5-/t22?,28?,29-,30+/m0/s1. The van der Waals surface area contributed by atoms with Crippen LogP contribution in [0.5, 0.6) is 0 Å². The molecule has 0 spiro atoms. The number of alkyl halides is 2. The summed E-state index contributed by atoms with van der Waals surface area (Å²) in [7, 11) is 0. The number of amides is 1. The molecule has 244 valence electrons. The summed E-state index contributed by atoms with van der Waals surface area (Å²) >= 11 is 6.30. The van der Waals surface area contributed by atoms with E-state index in [9.17, 15) is 22.4 Å². The second-order valence-corrected chi connectivity index (χ2v) is 13.5. The number of piperidine rings is 1. The van der Waals surface area contributed by atoms with Gasteiger partial charge in [0.15, 0.2) is 0 Å². The lowest BCUT2D eigenvalue weighted by Crippen LogP contribution is -2.45. The van der Waals surface area contributed by atoms with Crippen LogP contribution in [0, 0.1) is 17.8 Å². The van der Waals surface area contributed by atoms with Gasteiger partial charge in [-0.3, -0.25) is 14.7 Å². The third-order valence-corrected chi connectivity index (χ3v) is 9.80. The van der Waals surface area contributed by atoms with Crippen molar-refractivity contribution in [1.29, 1.82) is 0 Å². The van der Waals surface area contributed by atoms with E-state index in [0.717, 1.165) is 24.5 Å². The summed E-state index contributed by atoms with van der Waals surface area (Å²) in [4.78, 5) is 17.7. The van der Waals surface area contributed by atoms with Gasteiger partial charge in [-0.25, -0.2) is 17.6 Å². The Hall–Kier alpha value is -2.59. The van der Waals surface area contributed by atoms with Crippen LogP contribution in [0.25, 0.3) is 0 Å². The van der Waals surface area contributed by atoms with Crippen molar-refractivity contribution in [3.63, 3.8) is 0 Å². The molecule has 1 amide bonds. The average molecular weight is 640 g/mol. The Balaban J connectivity index is 1.44. The summed E-state index contributed by atoms with van der Waals surface area (Å²) in [5.74, 6) is -4.11. The van der Waals surface area contributed by atoms with E-state index in [1.807, 2.05) is 42.8 Å². The Morgan fingerprint density at radius 3 is 2.50 bits per heavy atom. The first-order chi connectivity index (χ1) is 20.7. The summed E-state index contributed by atoms with van der Waals surface area (Å²) < 4.78 is 56.6. The fourth-order valence-corrected chi connectivity index (χ4v) is 6.91. The van der Waals surface area contributed by atoms with Crippen molar-refractivity contribution < 1.29 is 22.4 Å². The van der Waals surface area contributed by atoms with Crippen LogP contribution in [0.1, 0.15) is 66.2 Å². The summed E-state index contributed by atoms with van der Waals surface area (Å²) in [5, 5.41) is 7.19. The first-order valence-electron chi connectivity index (χ1n) is 15.6. The van der Waals surface area contributed by atoms with Crippen LogP contribution in [-0.4, -0.2) is 77.3 Å². The molecule has 2 aliphatic carbocycles. The Kier molecular flexibility index (Phi) is 11.4. The van der Waals surface area contributed by atoms with Gasteiger partial charge >= 0.3 is 0 Å². The fraction of sp³-hybridized carbons (Fsp3) is 0.636. The minimum atomic E-state index is -2.74. The summed E-state index contributed by atoms with van der Waals surface area (Å²) in [6, 6.07) is -0.248. The lowest BCUT2D eigenvalue weighted by molar-refractivity contribution is -0.138. The zero-order valence-corrected chi connectivity index (χ0v) is 27.0. The molecule has 2 aliphatic heterocycles. The molecule has 4 rings (SSSR count). The normalized spacial score (nSPS) is 27.6. The van der Waals surface area contributed by atoms with Gasteiger partial charge in [0.05, 0.1) is 12.6 Å². The zero-order chi connectivity index (χ0) is 32.2. The van der Waals surface area contributed by atoms with Crippen LogP contribution in [0.15, 0.2) is 63.3 Å². The molecule has 6 nitrogen and oxygen atoms in total. The molecule has 2 N–H and O–H groups in total. The second-order valence-electron chi connectivity index (χ2n) is 13.1. The fourth-order valence-electron chi connectivity index (χ4n) is 6.84. The number of nitrogens with zero attached hydrogens (tertiary/aromatic N) is 4. The highest BCUT2D eigenvalue weighted by Crippen LogP contribution is 2.45. The highest BCUT2D eigenvalue weighted by Gasteiger charge is 2.48. The molecule has 4 atom stereocenters. The summed E-state index contributed by atoms with van der Waals surface area (Å²) in [6.45, 7) is 9.42. The monoisotopic (exact) mass is 639 g/mol. The number of hydrogen-bond donors (Lipinski definition) is 1. The Morgan fingerprint density at radius 2 is 1.89 bits per heavy atom. The molecular weight excluding hydrogens is 594 g/mol. The molecule has 0 aromatic carbocycles. The highest BCUT2D eigenvalue weighted by molar-refractivity contribution is 6.31. The van der Waals surface area contributed by atoms with Gasteiger partial charge < -0.3 is 10.6 Å². The van der Waals surface area contributed by atoms with Gasteiger partial charge in [0.1, 0.15) is 17.5 Å². The third kappa shape index (κ3) is 8.99. The van der Waals surface area contributed by atoms with Crippen molar-refractivity contribution in [2.45, 2.75) is 84.2 Å². The summed E-state index contributed by atoms with van der Waals surface area (Å²) in [6.07, 6.45) is 9.73. The Bertz CT molecular complexity index is 1240. The van der Waals surface area contributed by atoms with Crippen LogP contribution in [0.3, 0.4) is 0 Å². The lowest BCUT2D eigenvalue weighted by Gasteiger charge is -2.37. The molecule has 11 heteroatoms. The van der Waals surface area contributed by atoms with E-state index >= 15 is 0 Å². The van der Waals surface area contributed by atoms with Crippen LogP contribution in [-0.2, 0) is 4.79 Å². The number of hydrogen-bond acceptors (Lipinski definition) is 4. The second kappa shape index (κ2) is 14.7. The molecular formula is C33H46ClF4N5O. The molecule has 0 aromatic heterocycles. The van der Waals surface area contributed by atoms with E-state index < -0.39 is 23.5 Å².